The Morgan fingerprint density at radius 1 is 1.00 bits per heavy atom. The Morgan fingerprint density at radius 2 is 1.64 bits per heavy atom. The van der Waals surface area contributed by atoms with Gasteiger partial charge in [0.1, 0.15) is 6.42 Å². The minimum Gasteiger partial charge on any atom is -0.326 e. The molecule has 0 saturated carbocycles. The molecule has 5 heteroatoms. The molecule has 0 aliphatic rings. The first-order valence-electron chi connectivity index (χ1n) is 8.12. The van der Waals surface area contributed by atoms with E-state index >= 15 is 0 Å². The van der Waals surface area contributed by atoms with Crippen molar-refractivity contribution >= 4 is 34.8 Å². The Kier molecular flexibility index (Phi) is 5.85. The summed E-state index contributed by atoms with van der Waals surface area (Å²) in [5, 5.41) is 6.09. The maximum Gasteiger partial charge on any atom is 0.233 e. The highest BCUT2D eigenvalue weighted by atomic mass is 35.5. The number of carbonyl (C=O) groups is 2. The molecule has 132 valence electrons. The summed E-state index contributed by atoms with van der Waals surface area (Å²) < 4.78 is 0. The van der Waals surface area contributed by atoms with Crippen LogP contribution in [0, 0.1) is 6.92 Å². The fourth-order valence-corrected chi connectivity index (χ4v) is 2.64. The first-order valence-corrected chi connectivity index (χ1v) is 8.50. The van der Waals surface area contributed by atoms with Gasteiger partial charge in [0.05, 0.1) is 0 Å². The van der Waals surface area contributed by atoms with Gasteiger partial charge in [-0.2, -0.15) is 0 Å². The SMILES string of the molecule is Cc1ccc(NC(=O)CC(=O)Nc2ccccc2C(C)(C)C)cc1Cl. The summed E-state index contributed by atoms with van der Waals surface area (Å²) in [6.07, 6.45) is -0.260. The maximum atomic E-state index is 12.2. The van der Waals surface area contributed by atoms with Crippen molar-refractivity contribution < 1.29 is 9.59 Å². The fraction of sp³-hybridized carbons (Fsp3) is 0.300. The first kappa shape index (κ1) is 19.0. The van der Waals surface area contributed by atoms with Gasteiger partial charge >= 0.3 is 0 Å². The summed E-state index contributed by atoms with van der Waals surface area (Å²) in [6, 6.07) is 12.9. The highest BCUT2D eigenvalue weighted by Crippen LogP contribution is 2.29. The number of amides is 2. The predicted molar refractivity (Wildman–Crippen MR) is 103 cm³/mol. The monoisotopic (exact) mass is 358 g/mol. The Labute approximate surface area is 153 Å². The summed E-state index contributed by atoms with van der Waals surface area (Å²) in [5.74, 6) is -0.738. The Morgan fingerprint density at radius 3 is 2.28 bits per heavy atom. The number of nitrogens with one attached hydrogen (secondary N) is 2. The van der Waals surface area contributed by atoms with E-state index in [4.69, 9.17) is 11.6 Å². The van der Waals surface area contributed by atoms with Crippen LogP contribution >= 0.6 is 11.6 Å². The van der Waals surface area contributed by atoms with Crippen molar-refractivity contribution in [2.75, 3.05) is 10.6 Å². The standard InChI is InChI=1S/C20H23ClN2O2/c1-13-9-10-14(11-16(13)21)22-18(24)12-19(25)23-17-8-6-5-7-15(17)20(2,3)4/h5-11H,12H2,1-4H3,(H,22,24)(H,23,25). The van der Waals surface area contributed by atoms with E-state index in [0.717, 1.165) is 16.8 Å². The van der Waals surface area contributed by atoms with Gasteiger partial charge in [0, 0.05) is 16.4 Å². The van der Waals surface area contributed by atoms with Gasteiger partial charge in [-0.3, -0.25) is 9.59 Å². The van der Waals surface area contributed by atoms with Gasteiger partial charge in [0.2, 0.25) is 11.8 Å². The zero-order valence-electron chi connectivity index (χ0n) is 14.9. The molecule has 2 aromatic rings. The average Bonchev–Trinajstić information content (AvgIpc) is 2.50. The number of anilines is 2. The quantitative estimate of drug-likeness (QED) is 0.762. The van der Waals surface area contributed by atoms with Crippen LogP contribution in [0.5, 0.6) is 0 Å². The van der Waals surface area contributed by atoms with E-state index in [1.54, 1.807) is 12.1 Å². The Bertz CT molecular complexity index is 795. The van der Waals surface area contributed by atoms with E-state index in [0.29, 0.717) is 10.7 Å². The van der Waals surface area contributed by atoms with Crippen molar-refractivity contribution in [3.05, 3.63) is 58.6 Å². The third-order valence-electron chi connectivity index (χ3n) is 3.79. The van der Waals surface area contributed by atoms with Crippen LogP contribution in [0.25, 0.3) is 0 Å². The minimum absolute atomic E-state index is 0.106. The molecule has 0 saturated heterocycles. The number of benzene rings is 2. The number of rotatable bonds is 4. The van der Waals surface area contributed by atoms with Crippen molar-refractivity contribution in [2.45, 2.75) is 39.5 Å². The first-order chi connectivity index (χ1) is 11.7. The molecule has 4 nitrogen and oxygen atoms in total. The smallest absolute Gasteiger partial charge is 0.233 e. The highest BCUT2D eigenvalue weighted by Gasteiger charge is 2.19. The largest absolute Gasteiger partial charge is 0.326 e. The zero-order chi connectivity index (χ0) is 18.6. The molecule has 0 aromatic heterocycles. The number of aryl methyl sites for hydroxylation is 1. The fourth-order valence-electron chi connectivity index (χ4n) is 2.46. The molecule has 2 N–H and O–H groups in total. The molecule has 0 unspecified atom stereocenters. The third-order valence-corrected chi connectivity index (χ3v) is 4.19. The van der Waals surface area contributed by atoms with Crippen LogP contribution in [0.2, 0.25) is 5.02 Å². The lowest BCUT2D eigenvalue weighted by Gasteiger charge is -2.23. The van der Waals surface area contributed by atoms with Crippen LogP contribution in [0.1, 0.15) is 38.3 Å². The number of para-hydroxylation sites is 1. The third kappa shape index (κ3) is 5.33. The topological polar surface area (TPSA) is 58.2 Å². The molecule has 0 aliphatic carbocycles. The van der Waals surface area contributed by atoms with Gasteiger partial charge in [-0.1, -0.05) is 56.6 Å². The molecule has 2 aromatic carbocycles. The Hall–Kier alpha value is -2.33. The van der Waals surface area contributed by atoms with Gasteiger partial charge in [-0.25, -0.2) is 0 Å². The van der Waals surface area contributed by atoms with E-state index in [2.05, 4.69) is 31.4 Å². The number of hydrogen-bond donors (Lipinski definition) is 2. The lowest BCUT2D eigenvalue weighted by atomic mass is 9.86. The van der Waals surface area contributed by atoms with Crippen LogP contribution in [-0.4, -0.2) is 11.8 Å². The summed E-state index contributed by atoms with van der Waals surface area (Å²) in [5.41, 5.74) is 3.14. The predicted octanol–water partition coefficient (Wildman–Crippen LogP) is 4.91. The minimum atomic E-state index is -0.384. The molecule has 0 aliphatic heterocycles. The van der Waals surface area contributed by atoms with Crippen LogP contribution in [0.15, 0.2) is 42.5 Å². The summed E-state index contributed by atoms with van der Waals surface area (Å²) in [4.78, 5) is 24.3. The second-order valence-corrected chi connectivity index (χ2v) is 7.44. The van der Waals surface area contributed by atoms with Gasteiger partial charge in [-0.15, -0.1) is 0 Å². The Balaban J connectivity index is 2.01. The molecule has 0 atom stereocenters. The van der Waals surface area contributed by atoms with Crippen molar-refractivity contribution in [3.8, 4) is 0 Å². The molecule has 0 fully saturated rings. The molecule has 25 heavy (non-hydrogen) atoms. The van der Waals surface area contributed by atoms with E-state index in [9.17, 15) is 9.59 Å². The van der Waals surface area contributed by atoms with Crippen LogP contribution < -0.4 is 10.6 Å². The maximum absolute atomic E-state index is 12.2. The van der Waals surface area contributed by atoms with Crippen molar-refractivity contribution in [1.82, 2.24) is 0 Å². The van der Waals surface area contributed by atoms with E-state index < -0.39 is 0 Å². The number of carbonyl (C=O) groups excluding carboxylic acids is 2. The van der Waals surface area contributed by atoms with Crippen LogP contribution in [0.3, 0.4) is 0 Å². The normalized spacial score (nSPS) is 11.1. The molecule has 0 bridgehead atoms. The molecule has 0 radical (unpaired) electrons. The zero-order valence-corrected chi connectivity index (χ0v) is 15.7. The second-order valence-electron chi connectivity index (χ2n) is 7.03. The van der Waals surface area contributed by atoms with E-state index in [-0.39, 0.29) is 23.7 Å². The summed E-state index contributed by atoms with van der Waals surface area (Å²) >= 11 is 6.04. The summed E-state index contributed by atoms with van der Waals surface area (Å²) in [7, 11) is 0. The van der Waals surface area contributed by atoms with Crippen molar-refractivity contribution in [2.24, 2.45) is 0 Å². The summed E-state index contributed by atoms with van der Waals surface area (Å²) in [6.45, 7) is 8.11. The lowest BCUT2D eigenvalue weighted by Crippen LogP contribution is -2.23. The lowest BCUT2D eigenvalue weighted by molar-refractivity contribution is -0.123. The molecule has 2 amide bonds. The van der Waals surface area contributed by atoms with Crippen LogP contribution in [-0.2, 0) is 15.0 Å². The van der Waals surface area contributed by atoms with Gasteiger partial charge in [0.25, 0.3) is 0 Å². The molecular weight excluding hydrogens is 336 g/mol. The molecule has 0 spiro atoms. The van der Waals surface area contributed by atoms with Gasteiger partial charge < -0.3 is 10.6 Å². The van der Waals surface area contributed by atoms with Crippen LogP contribution in [0.4, 0.5) is 11.4 Å². The number of halogens is 1. The van der Waals surface area contributed by atoms with Gasteiger partial charge in [0.15, 0.2) is 0 Å². The molecule has 0 heterocycles. The highest BCUT2D eigenvalue weighted by molar-refractivity contribution is 6.31. The van der Waals surface area contributed by atoms with E-state index in [1.165, 1.54) is 0 Å². The number of hydrogen-bond acceptors (Lipinski definition) is 2. The van der Waals surface area contributed by atoms with Gasteiger partial charge in [-0.05, 0) is 41.7 Å². The van der Waals surface area contributed by atoms with Crippen molar-refractivity contribution in [3.63, 3.8) is 0 Å². The molecular formula is C20H23ClN2O2. The van der Waals surface area contributed by atoms with E-state index in [1.807, 2.05) is 37.3 Å². The van der Waals surface area contributed by atoms with Crippen molar-refractivity contribution in [1.29, 1.82) is 0 Å². The second kappa shape index (κ2) is 7.70. The average molecular weight is 359 g/mol. The molecule has 2 rings (SSSR count).